The maximum Gasteiger partial charge on any atom is 0.410 e. The Labute approximate surface area is 176 Å². The summed E-state index contributed by atoms with van der Waals surface area (Å²) in [7, 11) is 0. The molecule has 0 saturated carbocycles. The van der Waals surface area contributed by atoms with E-state index in [1.165, 1.54) is 18.5 Å². The zero-order valence-electron chi connectivity index (χ0n) is 17.1. The minimum Gasteiger partial charge on any atom is -0.444 e. The molecule has 3 rings (SSSR count). The Morgan fingerprint density at radius 3 is 2.18 bits per heavy atom. The minimum absolute atomic E-state index is 0.175. The van der Waals surface area contributed by atoms with Crippen molar-refractivity contribution >= 4 is 27.7 Å². The molecular weight excluding hydrogens is 418 g/mol. The maximum atomic E-state index is 12.2. The molecule has 0 bridgehead atoms. The van der Waals surface area contributed by atoms with Gasteiger partial charge in [0.2, 0.25) is 0 Å². The van der Waals surface area contributed by atoms with Crippen molar-refractivity contribution in [2.24, 2.45) is 11.8 Å². The van der Waals surface area contributed by atoms with Gasteiger partial charge in [-0.15, -0.1) is 0 Å². The Morgan fingerprint density at radius 1 is 1.11 bits per heavy atom. The van der Waals surface area contributed by atoms with Gasteiger partial charge < -0.3 is 14.5 Å². The van der Waals surface area contributed by atoms with E-state index >= 15 is 0 Å². The number of carbonyl (C=O) groups is 1. The van der Waals surface area contributed by atoms with Gasteiger partial charge in [0.25, 0.3) is 0 Å². The molecule has 2 aliphatic rings. The monoisotopic (exact) mass is 447 g/mol. The van der Waals surface area contributed by atoms with Crippen LogP contribution in [0.1, 0.15) is 52.0 Å². The molecule has 2 saturated heterocycles. The third-order valence-corrected chi connectivity index (χ3v) is 6.45. The van der Waals surface area contributed by atoms with Crippen molar-refractivity contribution in [1.29, 1.82) is 5.26 Å². The van der Waals surface area contributed by atoms with E-state index in [9.17, 15) is 4.79 Å². The van der Waals surface area contributed by atoms with Crippen LogP contribution >= 0.6 is 15.9 Å². The quantitative estimate of drug-likeness (QED) is 0.625. The van der Waals surface area contributed by atoms with Crippen LogP contribution in [0.2, 0.25) is 0 Å². The van der Waals surface area contributed by atoms with Crippen LogP contribution in [0, 0.1) is 23.2 Å². The first-order valence-electron chi connectivity index (χ1n) is 10.2. The summed E-state index contributed by atoms with van der Waals surface area (Å²) < 4.78 is 6.50. The second-order valence-corrected chi connectivity index (χ2v) is 9.76. The molecule has 5 nitrogen and oxygen atoms in total. The minimum atomic E-state index is -0.430. The summed E-state index contributed by atoms with van der Waals surface area (Å²) in [5.74, 6) is 1.43. The maximum absolute atomic E-state index is 12.2. The SMILES string of the molecule is CC(C)(C)OC(=O)N1CCC(C2CCN(c3ccc(C#N)cc3Br)CC2)CC1. The zero-order chi connectivity index (χ0) is 20.3. The van der Waals surface area contributed by atoms with Gasteiger partial charge in [0.15, 0.2) is 0 Å². The molecular formula is C22H30BrN3O2. The number of nitrogens with zero attached hydrogens (tertiary/aromatic N) is 3. The molecule has 28 heavy (non-hydrogen) atoms. The lowest BCUT2D eigenvalue weighted by atomic mass is 9.79. The summed E-state index contributed by atoms with van der Waals surface area (Å²) in [6.07, 6.45) is 4.34. The molecule has 0 spiro atoms. The number of nitriles is 1. The molecule has 152 valence electrons. The van der Waals surface area contributed by atoms with Crippen LogP contribution in [0.5, 0.6) is 0 Å². The fraction of sp³-hybridized carbons (Fsp3) is 0.636. The van der Waals surface area contributed by atoms with Crippen LogP contribution in [0.4, 0.5) is 10.5 Å². The molecule has 2 heterocycles. The average Bonchev–Trinajstić information content (AvgIpc) is 2.67. The Balaban J connectivity index is 1.49. The number of ether oxygens (including phenoxy) is 1. The summed E-state index contributed by atoms with van der Waals surface area (Å²) in [6.45, 7) is 9.44. The highest BCUT2D eigenvalue weighted by Crippen LogP contribution is 2.36. The van der Waals surface area contributed by atoms with E-state index in [0.717, 1.165) is 49.4 Å². The lowest BCUT2D eigenvalue weighted by Crippen LogP contribution is -2.44. The summed E-state index contributed by atoms with van der Waals surface area (Å²) in [4.78, 5) is 16.5. The summed E-state index contributed by atoms with van der Waals surface area (Å²) in [5, 5.41) is 9.03. The van der Waals surface area contributed by atoms with E-state index in [0.29, 0.717) is 11.5 Å². The largest absolute Gasteiger partial charge is 0.444 e. The van der Waals surface area contributed by atoms with E-state index in [-0.39, 0.29) is 6.09 Å². The van der Waals surface area contributed by atoms with E-state index < -0.39 is 5.60 Å². The highest BCUT2D eigenvalue weighted by atomic mass is 79.9. The smallest absolute Gasteiger partial charge is 0.410 e. The van der Waals surface area contributed by atoms with Gasteiger partial charge in [-0.05, 0) is 92.4 Å². The van der Waals surface area contributed by atoms with Gasteiger partial charge in [-0.3, -0.25) is 0 Å². The summed E-state index contributed by atoms with van der Waals surface area (Å²) in [5.41, 5.74) is 1.43. The molecule has 1 aromatic rings. The predicted molar refractivity (Wildman–Crippen MR) is 114 cm³/mol. The van der Waals surface area contributed by atoms with E-state index in [1.54, 1.807) is 0 Å². The van der Waals surface area contributed by atoms with Crippen LogP contribution in [0.25, 0.3) is 0 Å². The highest BCUT2D eigenvalue weighted by molar-refractivity contribution is 9.10. The topological polar surface area (TPSA) is 56.6 Å². The summed E-state index contributed by atoms with van der Waals surface area (Å²) >= 11 is 3.61. The van der Waals surface area contributed by atoms with Crippen molar-refractivity contribution in [3.8, 4) is 6.07 Å². The third-order valence-electron chi connectivity index (χ3n) is 5.82. The lowest BCUT2D eigenvalue weighted by Gasteiger charge is -2.41. The van der Waals surface area contributed by atoms with Crippen LogP contribution < -0.4 is 4.90 Å². The number of hydrogen-bond donors (Lipinski definition) is 0. The molecule has 6 heteroatoms. The molecule has 2 aliphatic heterocycles. The van der Waals surface area contributed by atoms with Crippen molar-refractivity contribution in [1.82, 2.24) is 4.90 Å². The van der Waals surface area contributed by atoms with Crippen molar-refractivity contribution in [2.75, 3.05) is 31.1 Å². The van der Waals surface area contributed by atoms with E-state index in [1.807, 2.05) is 43.9 Å². The van der Waals surface area contributed by atoms with Gasteiger partial charge in [-0.2, -0.15) is 5.26 Å². The molecule has 0 atom stereocenters. The second kappa shape index (κ2) is 8.73. The van der Waals surface area contributed by atoms with Crippen LogP contribution in [-0.2, 0) is 4.74 Å². The number of amides is 1. The number of benzene rings is 1. The van der Waals surface area contributed by atoms with Crippen molar-refractivity contribution in [3.63, 3.8) is 0 Å². The molecule has 0 N–H and O–H groups in total. The first-order chi connectivity index (χ1) is 13.3. The lowest BCUT2D eigenvalue weighted by molar-refractivity contribution is 0.0152. The van der Waals surface area contributed by atoms with Crippen LogP contribution in [-0.4, -0.2) is 42.8 Å². The first kappa shape index (κ1) is 21.0. The molecule has 0 radical (unpaired) electrons. The van der Waals surface area contributed by atoms with E-state index in [2.05, 4.69) is 26.9 Å². The Hall–Kier alpha value is -1.74. The Morgan fingerprint density at radius 2 is 1.68 bits per heavy atom. The molecule has 2 fully saturated rings. The van der Waals surface area contributed by atoms with E-state index in [4.69, 9.17) is 10.00 Å². The number of likely N-dealkylation sites (tertiary alicyclic amines) is 1. The van der Waals surface area contributed by atoms with Gasteiger partial charge in [-0.25, -0.2) is 4.79 Å². The third kappa shape index (κ3) is 5.20. The number of anilines is 1. The van der Waals surface area contributed by atoms with Gasteiger partial charge in [0, 0.05) is 30.7 Å². The molecule has 0 aliphatic carbocycles. The van der Waals surface area contributed by atoms with Crippen LogP contribution in [0.3, 0.4) is 0 Å². The molecule has 0 aromatic heterocycles. The number of halogens is 1. The molecule has 1 aromatic carbocycles. The highest BCUT2D eigenvalue weighted by Gasteiger charge is 2.32. The second-order valence-electron chi connectivity index (χ2n) is 8.91. The Bertz CT molecular complexity index is 737. The summed E-state index contributed by atoms with van der Waals surface area (Å²) in [6, 6.07) is 8.01. The van der Waals surface area contributed by atoms with Crippen molar-refractivity contribution in [2.45, 2.75) is 52.1 Å². The molecule has 0 unspecified atom stereocenters. The number of rotatable bonds is 2. The molecule has 1 amide bonds. The fourth-order valence-corrected chi connectivity index (χ4v) is 4.95. The predicted octanol–water partition coefficient (Wildman–Crippen LogP) is 5.18. The number of piperidine rings is 2. The van der Waals surface area contributed by atoms with Gasteiger partial charge >= 0.3 is 6.09 Å². The fourth-order valence-electron chi connectivity index (χ4n) is 4.32. The van der Waals surface area contributed by atoms with Crippen LogP contribution in [0.15, 0.2) is 22.7 Å². The van der Waals surface area contributed by atoms with Gasteiger partial charge in [0.05, 0.1) is 17.3 Å². The standard InChI is InChI=1S/C22H30BrN3O2/c1-22(2,3)28-21(27)26-12-8-18(9-13-26)17-6-10-25(11-7-17)20-5-4-16(15-24)14-19(20)23/h4-5,14,17-18H,6-13H2,1-3H3. The van der Waals surface area contributed by atoms with Crippen molar-refractivity contribution in [3.05, 3.63) is 28.2 Å². The number of carbonyl (C=O) groups excluding carboxylic acids is 1. The Kier molecular flexibility index (Phi) is 6.54. The van der Waals surface area contributed by atoms with Gasteiger partial charge in [0.1, 0.15) is 5.60 Å². The van der Waals surface area contributed by atoms with Crippen molar-refractivity contribution < 1.29 is 9.53 Å². The normalized spacial score (nSPS) is 19.4. The average molecular weight is 448 g/mol. The number of hydrogen-bond acceptors (Lipinski definition) is 4. The zero-order valence-corrected chi connectivity index (χ0v) is 18.7. The van der Waals surface area contributed by atoms with Gasteiger partial charge in [-0.1, -0.05) is 0 Å². The first-order valence-corrected chi connectivity index (χ1v) is 11.0.